The van der Waals surface area contributed by atoms with Gasteiger partial charge in [0.15, 0.2) is 6.61 Å². The summed E-state index contributed by atoms with van der Waals surface area (Å²) in [6.07, 6.45) is 1.92. The van der Waals surface area contributed by atoms with Gasteiger partial charge < -0.3 is 14.4 Å². The third-order valence-corrected chi connectivity index (χ3v) is 4.03. The summed E-state index contributed by atoms with van der Waals surface area (Å²) in [7, 11) is 1.59. The van der Waals surface area contributed by atoms with Crippen LogP contribution in [-0.2, 0) is 11.3 Å². The van der Waals surface area contributed by atoms with Gasteiger partial charge in [-0.3, -0.25) is 4.79 Å². The molecule has 0 heterocycles. The predicted octanol–water partition coefficient (Wildman–Crippen LogP) is 3.40. The number of methoxy groups -OCH3 is 1. The first-order valence-electron chi connectivity index (χ1n) is 7.97. The van der Waals surface area contributed by atoms with E-state index in [1.807, 2.05) is 0 Å². The Balaban J connectivity index is 1.61. The van der Waals surface area contributed by atoms with E-state index in [-0.39, 0.29) is 30.9 Å². The Bertz CT molecular complexity index is 698. The largest absolute Gasteiger partial charge is 0.497 e. The Labute approximate surface area is 140 Å². The number of halogens is 1. The first kappa shape index (κ1) is 16.3. The van der Waals surface area contributed by atoms with E-state index < -0.39 is 0 Å². The van der Waals surface area contributed by atoms with E-state index in [1.165, 1.54) is 6.07 Å². The van der Waals surface area contributed by atoms with Gasteiger partial charge in [0.2, 0.25) is 0 Å². The van der Waals surface area contributed by atoms with E-state index in [2.05, 4.69) is 0 Å². The molecule has 24 heavy (non-hydrogen) atoms. The fourth-order valence-electron chi connectivity index (χ4n) is 2.52. The quantitative estimate of drug-likeness (QED) is 0.781. The average Bonchev–Trinajstić information content (AvgIpc) is 3.44. The second-order valence-corrected chi connectivity index (χ2v) is 5.81. The molecular formula is C19H20FNO3. The molecule has 0 bridgehead atoms. The topological polar surface area (TPSA) is 38.8 Å². The van der Waals surface area contributed by atoms with Gasteiger partial charge in [-0.15, -0.1) is 0 Å². The maximum absolute atomic E-state index is 13.8. The summed E-state index contributed by atoms with van der Waals surface area (Å²) in [5.41, 5.74) is 0.530. The maximum atomic E-state index is 13.8. The average molecular weight is 329 g/mol. The second kappa shape index (κ2) is 7.34. The van der Waals surface area contributed by atoms with E-state index in [0.29, 0.717) is 11.3 Å². The van der Waals surface area contributed by atoms with Crippen LogP contribution in [0.3, 0.4) is 0 Å². The van der Waals surface area contributed by atoms with Crippen molar-refractivity contribution in [1.29, 1.82) is 0 Å². The molecule has 1 aliphatic carbocycles. The Morgan fingerprint density at radius 3 is 2.42 bits per heavy atom. The predicted molar refractivity (Wildman–Crippen MR) is 88.5 cm³/mol. The fraction of sp³-hybridized carbons (Fsp3) is 0.316. The standard InChI is InChI=1S/C19H20FNO3/c1-23-16-8-10-17(11-9-16)24-13-19(22)21(15-6-7-15)12-14-4-2-3-5-18(14)20/h2-5,8-11,15H,6-7,12-13H2,1H3. The minimum atomic E-state index is -0.285. The van der Waals surface area contributed by atoms with Crippen LogP contribution in [0.1, 0.15) is 18.4 Å². The van der Waals surface area contributed by atoms with Crippen molar-refractivity contribution in [1.82, 2.24) is 4.90 Å². The van der Waals surface area contributed by atoms with E-state index >= 15 is 0 Å². The molecule has 0 N–H and O–H groups in total. The summed E-state index contributed by atoms with van der Waals surface area (Å²) in [5, 5.41) is 0. The van der Waals surface area contributed by atoms with Crippen molar-refractivity contribution in [3.8, 4) is 11.5 Å². The number of hydrogen-bond donors (Lipinski definition) is 0. The van der Waals surface area contributed by atoms with Crippen LogP contribution in [-0.4, -0.2) is 30.6 Å². The molecule has 0 unspecified atom stereocenters. The monoisotopic (exact) mass is 329 g/mol. The van der Waals surface area contributed by atoms with Crippen LogP contribution in [0.5, 0.6) is 11.5 Å². The molecule has 0 atom stereocenters. The lowest BCUT2D eigenvalue weighted by Gasteiger charge is -2.23. The molecule has 1 amide bonds. The summed E-state index contributed by atoms with van der Waals surface area (Å²) in [6, 6.07) is 13.8. The second-order valence-electron chi connectivity index (χ2n) is 5.81. The molecule has 4 nitrogen and oxygen atoms in total. The number of amides is 1. The van der Waals surface area contributed by atoms with Crippen molar-refractivity contribution in [2.75, 3.05) is 13.7 Å². The Morgan fingerprint density at radius 2 is 1.79 bits per heavy atom. The molecule has 0 aliphatic heterocycles. The number of carbonyl (C=O) groups is 1. The zero-order chi connectivity index (χ0) is 16.9. The SMILES string of the molecule is COc1ccc(OCC(=O)N(Cc2ccccc2F)C2CC2)cc1. The first-order chi connectivity index (χ1) is 11.7. The van der Waals surface area contributed by atoms with Crippen LogP contribution in [0.15, 0.2) is 48.5 Å². The summed E-state index contributed by atoms with van der Waals surface area (Å²) in [4.78, 5) is 14.2. The van der Waals surface area contributed by atoms with Gasteiger partial charge in [-0.1, -0.05) is 18.2 Å². The van der Waals surface area contributed by atoms with Gasteiger partial charge in [-0.2, -0.15) is 0 Å². The fourth-order valence-corrected chi connectivity index (χ4v) is 2.52. The van der Waals surface area contributed by atoms with Gasteiger partial charge in [0.05, 0.1) is 7.11 Å². The van der Waals surface area contributed by atoms with Crippen molar-refractivity contribution in [3.05, 3.63) is 59.9 Å². The molecule has 1 saturated carbocycles. The van der Waals surface area contributed by atoms with E-state index in [1.54, 1.807) is 54.5 Å². The minimum absolute atomic E-state index is 0.0583. The molecule has 2 aromatic rings. The van der Waals surface area contributed by atoms with Gasteiger partial charge in [0.1, 0.15) is 17.3 Å². The highest BCUT2D eigenvalue weighted by atomic mass is 19.1. The summed E-state index contributed by atoms with van der Waals surface area (Å²) in [5.74, 6) is 0.919. The van der Waals surface area contributed by atoms with E-state index in [4.69, 9.17) is 9.47 Å². The van der Waals surface area contributed by atoms with Crippen LogP contribution in [0.2, 0.25) is 0 Å². The molecule has 126 valence electrons. The number of hydrogen-bond acceptors (Lipinski definition) is 3. The molecule has 0 saturated heterocycles. The molecular weight excluding hydrogens is 309 g/mol. The van der Waals surface area contributed by atoms with Gasteiger partial charge in [0, 0.05) is 18.2 Å². The highest BCUT2D eigenvalue weighted by Gasteiger charge is 2.33. The lowest BCUT2D eigenvalue weighted by Crippen LogP contribution is -2.36. The van der Waals surface area contributed by atoms with Crippen molar-refractivity contribution in [2.24, 2.45) is 0 Å². The highest BCUT2D eigenvalue weighted by molar-refractivity contribution is 5.78. The molecule has 3 rings (SSSR count). The van der Waals surface area contributed by atoms with Gasteiger partial charge in [-0.05, 0) is 43.2 Å². The van der Waals surface area contributed by atoms with Crippen molar-refractivity contribution in [2.45, 2.75) is 25.4 Å². The zero-order valence-corrected chi connectivity index (χ0v) is 13.6. The normalized spacial score (nSPS) is 13.4. The molecule has 1 aliphatic rings. The van der Waals surface area contributed by atoms with Crippen LogP contribution >= 0.6 is 0 Å². The molecule has 1 fully saturated rings. The first-order valence-corrected chi connectivity index (χ1v) is 7.97. The third kappa shape index (κ3) is 4.04. The van der Waals surface area contributed by atoms with Gasteiger partial charge >= 0.3 is 0 Å². The van der Waals surface area contributed by atoms with Crippen LogP contribution in [0, 0.1) is 5.82 Å². The van der Waals surface area contributed by atoms with Crippen LogP contribution in [0.4, 0.5) is 4.39 Å². The summed E-state index contributed by atoms with van der Waals surface area (Å²) >= 11 is 0. The van der Waals surface area contributed by atoms with Crippen molar-refractivity contribution >= 4 is 5.91 Å². The summed E-state index contributed by atoms with van der Waals surface area (Å²) in [6.45, 7) is 0.222. The highest BCUT2D eigenvalue weighted by Crippen LogP contribution is 2.29. The molecule has 0 radical (unpaired) electrons. The smallest absolute Gasteiger partial charge is 0.261 e. The minimum Gasteiger partial charge on any atom is -0.497 e. The van der Waals surface area contributed by atoms with Crippen molar-refractivity contribution < 1.29 is 18.7 Å². The van der Waals surface area contributed by atoms with Crippen molar-refractivity contribution in [3.63, 3.8) is 0 Å². The lowest BCUT2D eigenvalue weighted by atomic mass is 10.2. The van der Waals surface area contributed by atoms with E-state index in [0.717, 1.165) is 18.6 Å². The van der Waals surface area contributed by atoms with Crippen LogP contribution in [0.25, 0.3) is 0 Å². The number of ether oxygens (including phenoxy) is 2. The number of rotatable bonds is 7. The van der Waals surface area contributed by atoms with Crippen LogP contribution < -0.4 is 9.47 Å². The third-order valence-electron chi connectivity index (χ3n) is 4.03. The summed E-state index contributed by atoms with van der Waals surface area (Å²) < 4.78 is 24.5. The zero-order valence-electron chi connectivity index (χ0n) is 13.6. The van der Waals surface area contributed by atoms with Gasteiger partial charge in [-0.25, -0.2) is 4.39 Å². The van der Waals surface area contributed by atoms with E-state index in [9.17, 15) is 9.18 Å². The maximum Gasteiger partial charge on any atom is 0.261 e. The lowest BCUT2D eigenvalue weighted by molar-refractivity contribution is -0.134. The Kier molecular flexibility index (Phi) is 4.99. The Hall–Kier alpha value is -2.56. The number of nitrogens with zero attached hydrogens (tertiary/aromatic N) is 1. The molecule has 0 spiro atoms. The molecule has 2 aromatic carbocycles. The number of benzene rings is 2. The Morgan fingerprint density at radius 1 is 1.12 bits per heavy atom. The van der Waals surface area contributed by atoms with Gasteiger partial charge in [0.25, 0.3) is 5.91 Å². The molecule has 0 aromatic heterocycles. The molecule has 5 heteroatoms. The number of carbonyl (C=O) groups excluding carboxylic acids is 1.